The summed E-state index contributed by atoms with van der Waals surface area (Å²) in [6.45, 7) is 3.80. The minimum atomic E-state index is 0.115. The summed E-state index contributed by atoms with van der Waals surface area (Å²) in [7, 11) is 0. The Labute approximate surface area is 121 Å². The molecule has 2 rings (SSSR count). The van der Waals surface area contributed by atoms with E-state index in [9.17, 15) is 0 Å². The second-order valence-electron chi connectivity index (χ2n) is 4.26. The van der Waals surface area contributed by atoms with Gasteiger partial charge in [0.15, 0.2) is 0 Å². The molecule has 0 aliphatic carbocycles. The minimum Gasteiger partial charge on any atom is -0.496 e. The zero-order chi connectivity index (χ0) is 13.0. The van der Waals surface area contributed by atoms with E-state index in [1.165, 1.54) is 5.56 Å². The molecule has 1 N–H and O–H groups in total. The Morgan fingerprint density at radius 3 is 2.94 bits per heavy atom. The van der Waals surface area contributed by atoms with Crippen LogP contribution in [0.5, 0.6) is 0 Å². The van der Waals surface area contributed by atoms with E-state index in [2.05, 4.69) is 40.3 Å². The van der Waals surface area contributed by atoms with Gasteiger partial charge in [0.2, 0.25) is 0 Å². The van der Waals surface area contributed by atoms with Gasteiger partial charge in [-0.3, -0.25) is 0 Å². The first-order valence-electron chi connectivity index (χ1n) is 6.23. The molecule has 1 aliphatic heterocycles. The molecule has 0 amide bonds. The predicted octanol–water partition coefficient (Wildman–Crippen LogP) is 4.45. The molecule has 0 fully saturated rings. The van der Waals surface area contributed by atoms with E-state index in [0.29, 0.717) is 0 Å². The number of likely N-dealkylation sites (N-methyl/N-ethyl adjacent to an activating group) is 1. The first-order valence-corrected chi connectivity index (χ1v) is 7.40. The van der Waals surface area contributed by atoms with Crippen LogP contribution < -0.4 is 5.32 Å². The molecule has 1 aromatic carbocycles. The molecule has 1 aliphatic rings. The maximum atomic E-state index is 6.04. The molecule has 0 radical (unpaired) electrons. The van der Waals surface area contributed by atoms with Crippen molar-refractivity contribution in [2.24, 2.45) is 0 Å². The Balaban J connectivity index is 2.28. The van der Waals surface area contributed by atoms with Crippen molar-refractivity contribution in [3.05, 3.63) is 45.1 Å². The zero-order valence-corrected chi connectivity index (χ0v) is 12.7. The number of hydrogen-bond donors (Lipinski definition) is 1. The van der Waals surface area contributed by atoms with Gasteiger partial charge in [-0.15, -0.1) is 0 Å². The van der Waals surface area contributed by atoms with Gasteiger partial charge in [-0.1, -0.05) is 24.6 Å². The summed E-state index contributed by atoms with van der Waals surface area (Å²) >= 11 is 9.50. The highest BCUT2D eigenvalue weighted by molar-refractivity contribution is 9.10. The highest BCUT2D eigenvalue weighted by Crippen LogP contribution is 2.30. The molecule has 98 valence electrons. The number of ether oxygens (including phenoxy) is 1. The molecule has 2 nitrogen and oxygen atoms in total. The minimum absolute atomic E-state index is 0.115. The van der Waals surface area contributed by atoms with Gasteiger partial charge in [-0.2, -0.15) is 0 Å². The summed E-state index contributed by atoms with van der Waals surface area (Å²) in [5.41, 5.74) is 1.17. The van der Waals surface area contributed by atoms with E-state index >= 15 is 0 Å². The third-order valence-corrected chi connectivity index (χ3v) is 4.15. The third kappa shape index (κ3) is 3.28. The Bertz CT molecular complexity index is 447. The Morgan fingerprint density at radius 2 is 2.33 bits per heavy atom. The standard InChI is InChI=1S/C14H17BrClNO/c1-2-17-14(13-5-3-4-8-18-13)10-6-7-12(16)11(15)9-10/h5-7,9,14,17H,2-4,8H2,1H3. The second-order valence-corrected chi connectivity index (χ2v) is 5.52. The van der Waals surface area contributed by atoms with Crippen molar-refractivity contribution in [2.45, 2.75) is 25.8 Å². The number of benzene rings is 1. The number of nitrogens with one attached hydrogen (secondary N) is 1. The van der Waals surface area contributed by atoms with Gasteiger partial charge < -0.3 is 10.1 Å². The van der Waals surface area contributed by atoms with Gasteiger partial charge in [-0.05, 0) is 59.1 Å². The van der Waals surface area contributed by atoms with E-state index in [4.69, 9.17) is 16.3 Å². The Kier molecular flexibility index (Phi) is 5.10. The molecule has 18 heavy (non-hydrogen) atoms. The maximum absolute atomic E-state index is 6.04. The van der Waals surface area contributed by atoms with Crippen LogP contribution in [-0.2, 0) is 4.74 Å². The van der Waals surface area contributed by atoms with E-state index in [0.717, 1.165) is 41.2 Å². The molecule has 1 aromatic rings. The lowest BCUT2D eigenvalue weighted by Crippen LogP contribution is -2.25. The molecular weight excluding hydrogens is 314 g/mol. The van der Waals surface area contributed by atoms with Gasteiger partial charge in [0.1, 0.15) is 5.76 Å². The van der Waals surface area contributed by atoms with Gasteiger partial charge in [0.05, 0.1) is 17.7 Å². The van der Waals surface area contributed by atoms with Crippen LogP contribution in [0.2, 0.25) is 5.02 Å². The summed E-state index contributed by atoms with van der Waals surface area (Å²) in [6, 6.07) is 6.12. The van der Waals surface area contributed by atoms with Crippen LogP contribution in [0, 0.1) is 0 Å². The fourth-order valence-electron chi connectivity index (χ4n) is 2.06. The van der Waals surface area contributed by atoms with Crippen molar-refractivity contribution >= 4 is 27.5 Å². The molecule has 0 bridgehead atoms. The molecule has 0 spiro atoms. The average molecular weight is 331 g/mol. The summed E-state index contributed by atoms with van der Waals surface area (Å²) in [5.74, 6) is 1.03. The van der Waals surface area contributed by atoms with Gasteiger partial charge in [0.25, 0.3) is 0 Å². The largest absolute Gasteiger partial charge is 0.496 e. The van der Waals surface area contributed by atoms with Crippen LogP contribution in [0.15, 0.2) is 34.5 Å². The topological polar surface area (TPSA) is 21.3 Å². The van der Waals surface area contributed by atoms with Crippen molar-refractivity contribution in [1.29, 1.82) is 0 Å². The molecular formula is C14H17BrClNO. The normalized spacial score (nSPS) is 16.9. The lowest BCUT2D eigenvalue weighted by atomic mass is 10.0. The lowest BCUT2D eigenvalue weighted by molar-refractivity contribution is 0.168. The second kappa shape index (κ2) is 6.60. The quantitative estimate of drug-likeness (QED) is 0.881. The van der Waals surface area contributed by atoms with Crippen LogP contribution in [0.4, 0.5) is 0 Å². The Morgan fingerprint density at radius 1 is 1.50 bits per heavy atom. The first kappa shape index (κ1) is 13.9. The van der Waals surface area contributed by atoms with Gasteiger partial charge >= 0.3 is 0 Å². The molecule has 1 unspecified atom stereocenters. The third-order valence-electron chi connectivity index (χ3n) is 2.93. The summed E-state index contributed by atoms with van der Waals surface area (Å²) in [4.78, 5) is 0. The van der Waals surface area contributed by atoms with E-state index in [-0.39, 0.29) is 6.04 Å². The first-order chi connectivity index (χ1) is 8.72. The number of halogens is 2. The van der Waals surface area contributed by atoms with Crippen molar-refractivity contribution < 1.29 is 4.74 Å². The molecule has 0 saturated carbocycles. The van der Waals surface area contributed by atoms with Crippen molar-refractivity contribution in [2.75, 3.05) is 13.2 Å². The number of hydrogen-bond acceptors (Lipinski definition) is 2. The van der Waals surface area contributed by atoms with E-state index in [1.54, 1.807) is 0 Å². The van der Waals surface area contributed by atoms with E-state index in [1.807, 2.05) is 12.1 Å². The molecule has 4 heteroatoms. The maximum Gasteiger partial charge on any atom is 0.113 e. The fraction of sp³-hybridized carbons (Fsp3) is 0.429. The SMILES string of the molecule is CCNC(C1=CCCCO1)c1ccc(Cl)c(Br)c1. The van der Waals surface area contributed by atoms with Crippen molar-refractivity contribution in [3.8, 4) is 0 Å². The molecule has 0 saturated heterocycles. The van der Waals surface area contributed by atoms with Crippen molar-refractivity contribution in [1.82, 2.24) is 5.32 Å². The Hall–Kier alpha value is -0.510. The van der Waals surface area contributed by atoms with Crippen molar-refractivity contribution in [3.63, 3.8) is 0 Å². The van der Waals surface area contributed by atoms with Crippen LogP contribution in [-0.4, -0.2) is 13.2 Å². The number of rotatable bonds is 4. The highest BCUT2D eigenvalue weighted by Gasteiger charge is 2.19. The predicted molar refractivity (Wildman–Crippen MR) is 78.8 cm³/mol. The lowest BCUT2D eigenvalue weighted by Gasteiger charge is -2.25. The van der Waals surface area contributed by atoms with Gasteiger partial charge in [0, 0.05) is 4.47 Å². The van der Waals surface area contributed by atoms with Crippen LogP contribution in [0.3, 0.4) is 0 Å². The summed E-state index contributed by atoms with van der Waals surface area (Å²) in [6.07, 6.45) is 4.37. The fourth-order valence-corrected chi connectivity index (χ4v) is 2.57. The van der Waals surface area contributed by atoms with Gasteiger partial charge in [-0.25, -0.2) is 0 Å². The summed E-state index contributed by atoms with van der Waals surface area (Å²) in [5, 5.41) is 4.19. The van der Waals surface area contributed by atoms with Crippen LogP contribution >= 0.6 is 27.5 Å². The average Bonchev–Trinajstić information content (AvgIpc) is 2.40. The van der Waals surface area contributed by atoms with Crippen LogP contribution in [0.25, 0.3) is 0 Å². The molecule has 1 atom stereocenters. The molecule has 1 heterocycles. The highest BCUT2D eigenvalue weighted by atomic mass is 79.9. The smallest absolute Gasteiger partial charge is 0.113 e. The van der Waals surface area contributed by atoms with Crippen LogP contribution in [0.1, 0.15) is 31.4 Å². The monoisotopic (exact) mass is 329 g/mol. The van der Waals surface area contributed by atoms with E-state index < -0.39 is 0 Å². The zero-order valence-electron chi connectivity index (χ0n) is 10.4. The summed E-state index contributed by atoms with van der Waals surface area (Å²) < 4.78 is 6.69. The number of allylic oxidation sites excluding steroid dienone is 1. The molecule has 0 aromatic heterocycles.